The fourth-order valence-electron chi connectivity index (χ4n) is 2.05. The minimum atomic E-state index is -3.76. The molecule has 0 spiro atoms. The molecule has 5 nitrogen and oxygen atoms in total. The van der Waals surface area contributed by atoms with Gasteiger partial charge < -0.3 is 4.74 Å². The van der Waals surface area contributed by atoms with Gasteiger partial charge in [-0.2, -0.15) is 0 Å². The summed E-state index contributed by atoms with van der Waals surface area (Å²) in [6.45, 7) is -0.160. The number of sulfone groups is 2. The molecule has 0 saturated heterocycles. The molecule has 0 atom stereocenters. The maximum atomic E-state index is 12.6. The van der Waals surface area contributed by atoms with E-state index in [9.17, 15) is 16.8 Å². The lowest BCUT2D eigenvalue weighted by Gasteiger charge is -2.07. The highest BCUT2D eigenvalue weighted by atomic mass is 32.2. The van der Waals surface area contributed by atoms with E-state index >= 15 is 0 Å². The highest BCUT2D eigenvalue weighted by Gasteiger charge is 2.19. The topological polar surface area (TPSA) is 77.5 Å². The lowest BCUT2D eigenvalue weighted by molar-refractivity contribution is 0.230. The fourth-order valence-corrected chi connectivity index (χ4v) is 4.38. The summed E-state index contributed by atoms with van der Waals surface area (Å²) < 4.78 is 54.6. The summed E-state index contributed by atoms with van der Waals surface area (Å²) in [6, 6.07) is 15.8. The summed E-state index contributed by atoms with van der Waals surface area (Å²) in [5, 5.41) is 0.971. The Labute approximate surface area is 148 Å². The second-order valence-electron chi connectivity index (χ2n) is 5.07. The van der Waals surface area contributed by atoms with Gasteiger partial charge in [0, 0.05) is 12.5 Å². The summed E-state index contributed by atoms with van der Waals surface area (Å²) in [6.07, 6.45) is 2.45. The van der Waals surface area contributed by atoms with Crippen LogP contribution in [0.25, 0.3) is 0 Å². The molecule has 2 rings (SSSR count). The average molecular weight is 378 g/mol. The van der Waals surface area contributed by atoms with Gasteiger partial charge in [-0.25, -0.2) is 16.8 Å². The Balaban J connectivity index is 2.35. The van der Waals surface area contributed by atoms with Gasteiger partial charge in [0.2, 0.25) is 9.84 Å². The van der Waals surface area contributed by atoms with Crippen molar-refractivity contribution in [2.75, 3.05) is 13.7 Å². The van der Waals surface area contributed by atoms with E-state index < -0.39 is 19.7 Å². The molecule has 0 bridgehead atoms. The van der Waals surface area contributed by atoms with Gasteiger partial charge in [0.25, 0.3) is 0 Å². The van der Waals surface area contributed by atoms with Crippen LogP contribution in [0.4, 0.5) is 0 Å². The number of benzene rings is 2. The number of allylic oxidation sites excluding steroid dienone is 2. The quantitative estimate of drug-likeness (QED) is 0.692. The molecule has 0 fully saturated rings. The second kappa shape index (κ2) is 8.24. The molecule has 7 heteroatoms. The summed E-state index contributed by atoms with van der Waals surface area (Å²) in [5.74, 6) is 0. The molecule has 0 saturated carbocycles. The molecule has 0 aliphatic carbocycles. The molecule has 0 amide bonds. The molecule has 2 aromatic rings. The lowest BCUT2D eigenvalue weighted by atomic mass is 10.4. The first-order valence-corrected chi connectivity index (χ1v) is 10.4. The Bertz CT molecular complexity index is 959. The van der Waals surface area contributed by atoms with E-state index in [-0.39, 0.29) is 21.3 Å². The molecular formula is C18H18O5S2. The molecule has 25 heavy (non-hydrogen) atoms. The highest BCUT2D eigenvalue weighted by Crippen LogP contribution is 2.19. The van der Waals surface area contributed by atoms with Crippen LogP contribution in [0.5, 0.6) is 0 Å². The predicted octanol–water partition coefficient (Wildman–Crippen LogP) is 2.98. The van der Waals surface area contributed by atoms with Crippen molar-refractivity contribution in [1.82, 2.24) is 0 Å². The van der Waals surface area contributed by atoms with E-state index in [4.69, 9.17) is 4.74 Å². The van der Waals surface area contributed by atoms with Gasteiger partial charge in [0.05, 0.1) is 21.3 Å². The normalized spacial score (nSPS) is 13.2. The van der Waals surface area contributed by atoms with Crippen LogP contribution in [0.2, 0.25) is 0 Å². The first-order valence-electron chi connectivity index (χ1n) is 7.34. The van der Waals surface area contributed by atoms with Crippen LogP contribution in [0.15, 0.2) is 92.9 Å². The average Bonchev–Trinajstić information content (AvgIpc) is 2.62. The Kier molecular flexibility index (Phi) is 6.30. The molecule has 0 unspecified atom stereocenters. The Morgan fingerprint density at radius 1 is 0.880 bits per heavy atom. The lowest BCUT2D eigenvalue weighted by Crippen LogP contribution is -2.09. The monoisotopic (exact) mass is 378 g/mol. The maximum Gasteiger partial charge on any atom is 0.205 e. The van der Waals surface area contributed by atoms with Crippen molar-refractivity contribution in [3.05, 3.63) is 83.1 Å². The summed E-state index contributed by atoms with van der Waals surface area (Å²) in [4.78, 5) is 0.234. The van der Waals surface area contributed by atoms with Crippen molar-refractivity contribution >= 4 is 19.7 Å². The first kappa shape index (κ1) is 19.1. The summed E-state index contributed by atoms with van der Waals surface area (Å²) in [5.41, 5.74) is 0. The van der Waals surface area contributed by atoms with Crippen LogP contribution in [0.1, 0.15) is 0 Å². The number of rotatable bonds is 7. The van der Waals surface area contributed by atoms with Crippen molar-refractivity contribution in [1.29, 1.82) is 0 Å². The number of methoxy groups -OCH3 is 1. The Morgan fingerprint density at radius 2 is 1.40 bits per heavy atom. The Hall–Kier alpha value is -2.22. The van der Waals surface area contributed by atoms with Crippen molar-refractivity contribution in [3.63, 3.8) is 0 Å². The smallest absolute Gasteiger partial charge is 0.205 e. The van der Waals surface area contributed by atoms with Gasteiger partial charge in [-0.15, -0.1) is 0 Å². The molecular weight excluding hydrogens is 360 g/mol. The van der Waals surface area contributed by atoms with Gasteiger partial charge in [-0.1, -0.05) is 36.4 Å². The van der Waals surface area contributed by atoms with Crippen molar-refractivity contribution < 1.29 is 21.6 Å². The Morgan fingerprint density at radius 3 is 1.92 bits per heavy atom. The van der Waals surface area contributed by atoms with Crippen LogP contribution in [-0.2, 0) is 24.4 Å². The zero-order valence-corrected chi connectivity index (χ0v) is 15.2. The fraction of sp³-hybridized carbons (Fsp3) is 0.111. The number of ether oxygens (including phenoxy) is 1. The SMILES string of the molecule is COC/C(=C/C=C/S(=O)(=O)c1ccccc1)S(=O)(=O)c1ccccc1. The first-order chi connectivity index (χ1) is 11.9. The molecule has 2 aromatic carbocycles. The molecule has 0 radical (unpaired) electrons. The standard InChI is InChI=1S/C18H18O5S2/c1-23-15-18(25(21,22)17-11-6-3-7-12-17)13-8-14-24(19,20)16-9-4-2-5-10-16/h2-14H,15H2,1H3/b14-8+,18-13-. The van der Waals surface area contributed by atoms with E-state index in [1.54, 1.807) is 36.4 Å². The van der Waals surface area contributed by atoms with E-state index in [1.807, 2.05) is 0 Å². The van der Waals surface area contributed by atoms with Gasteiger partial charge in [-0.3, -0.25) is 0 Å². The minimum Gasteiger partial charge on any atom is -0.379 e. The third kappa shape index (κ3) is 4.88. The van der Waals surface area contributed by atoms with Gasteiger partial charge >= 0.3 is 0 Å². The molecule has 0 aliphatic rings. The predicted molar refractivity (Wildman–Crippen MR) is 96.4 cm³/mol. The highest BCUT2D eigenvalue weighted by molar-refractivity contribution is 7.95. The zero-order valence-electron chi connectivity index (χ0n) is 13.6. The number of hydrogen-bond donors (Lipinski definition) is 0. The van der Waals surface area contributed by atoms with Crippen LogP contribution in [-0.4, -0.2) is 30.6 Å². The maximum absolute atomic E-state index is 12.6. The van der Waals surface area contributed by atoms with Crippen molar-refractivity contribution in [2.24, 2.45) is 0 Å². The van der Waals surface area contributed by atoms with E-state index in [1.165, 1.54) is 43.5 Å². The van der Waals surface area contributed by atoms with Crippen LogP contribution in [0, 0.1) is 0 Å². The largest absolute Gasteiger partial charge is 0.379 e. The molecule has 0 aromatic heterocycles. The van der Waals surface area contributed by atoms with E-state index in [2.05, 4.69) is 0 Å². The third-order valence-corrected chi connectivity index (χ3v) is 6.58. The van der Waals surface area contributed by atoms with E-state index in [0.29, 0.717) is 0 Å². The van der Waals surface area contributed by atoms with Crippen molar-refractivity contribution in [2.45, 2.75) is 9.79 Å². The molecule has 0 N–H and O–H groups in total. The van der Waals surface area contributed by atoms with Crippen LogP contribution >= 0.6 is 0 Å². The van der Waals surface area contributed by atoms with Crippen molar-refractivity contribution in [3.8, 4) is 0 Å². The molecule has 0 heterocycles. The zero-order chi connectivity index (χ0) is 18.3. The van der Waals surface area contributed by atoms with Gasteiger partial charge in [0.1, 0.15) is 0 Å². The van der Waals surface area contributed by atoms with Gasteiger partial charge in [0.15, 0.2) is 9.84 Å². The third-order valence-electron chi connectivity index (χ3n) is 3.30. The molecule has 0 aliphatic heterocycles. The summed E-state index contributed by atoms with van der Waals surface area (Å²) >= 11 is 0. The van der Waals surface area contributed by atoms with Gasteiger partial charge in [-0.05, 0) is 36.4 Å². The second-order valence-corrected chi connectivity index (χ2v) is 8.91. The van der Waals surface area contributed by atoms with Crippen LogP contribution < -0.4 is 0 Å². The molecule has 132 valence electrons. The van der Waals surface area contributed by atoms with E-state index in [0.717, 1.165) is 5.41 Å². The minimum absolute atomic E-state index is 0.0271. The van der Waals surface area contributed by atoms with Crippen LogP contribution in [0.3, 0.4) is 0 Å². The number of hydrogen-bond acceptors (Lipinski definition) is 5. The summed E-state index contributed by atoms with van der Waals surface area (Å²) in [7, 11) is -6.02.